The Hall–Kier alpha value is -2.54. The molecule has 1 aromatic carbocycles. The van der Waals surface area contributed by atoms with E-state index < -0.39 is 0 Å². The van der Waals surface area contributed by atoms with Gasteiger partial charge in [-0.15, -0.1) is 11.8 Å². The lowest BCUT2D eigenvalue weighted by Crippen LogP contribution is -2.42. The number of piperidine rings is 1. The second-order valence-corrected chi connectivity index (χ2v) is 7.64. The summed E-state index contributed by atoms with van der Waals surface area (Å²) >= 11 is 1.59. The molecular weight excluding hydrogens is 360 g/mol. The molecule has 0 radical (unpaired) electrons. The Bertz CT molecular complexity index is 934. The molecule has 4 rings (SSSR count). The first kappa shape index (κ1) is 17.9. The number of nitrogens with one attached hydrogen (secondary N) is 1. The highest BCUT2D eigenvalue weighted by atomic mass is 32.2. The van der Waals surface area contributed by atoms with E-state index in [2.05, 4.69) is 21.0 Å². The summed E-state index contributed by atoms with van der Waals surface area (Å²) in [6.07, 6.45) is 5.44. The quantitative estimate of drug-likeness (QED) is 0.685. The molecule has 0 spiro atoms. The van der Waals surface area contributed by atoms with Crippen LogP contribution in [0.4, 0.5) is 0 Å². The minimum Gasteiger partial charge on any atom is -0.474 e. The third kappa shape index (κ3) is 4.24. The van der Waals surface area contributed by atoms with Gasteiger partial charge in [0.15, 0.2) is 0 Å². The molecule has 140 valence electrons. The van der Waals surface area contributed by atoms with Crippen molar-refractivity contribution in [3.05, 3.63) is 48.5 Å². The molecule has 7 heteroatoms. The lowest BCUT2D eigenvalue weighted by molar-refractivity contribution is -0.130. The standard InChI is InChI=1S/C20H22N4O2S/c1-14-21-9-6-19(23-14)26-15-7-10-24(11-8-15)20(25)13-27-18-12-22-17-5-3-2-4-16(17)18/h2-6,9,12,15,22H,7-8,10-11,13H2,1H3. The van der Waals surface area contributed by atoms with Gasteiger partial charge in [0.05, 0.1) is 5.75 Å². The number of aromatic nitrogens is 3. The number of H-pyrrole nitrogens is 1. The van der Waals surface area contributed by atoms with Crippen LogP contribution < -0.4 is 4.74 Å². The summed E-state index contributed by atoms with van der Waals surface area (Å²) < 4.78 is 5.93. The first-order valence-corrected chi connectivity index (χ1v) is 10.1. The summed E-state index contributed by atoms with van der Waals surface area (Å²) in [4.78, 5) is 27.2. The van der Waals surface area contributed by atoms with Crippen LogP contribution in [-0.4, -0.2) is 50.7 Å². The van der Waals surface area contributed by atoms with Crippen molar-refractivity contribution in [2.45, 2.75) is 30.8 Å². The van der Waals surface area contributed by atoms with E-state index in [0.29, 0.717) is 17.5 Å². The van der Waals surface area contributed by atoms with E-state index in [4.69, 9.17) is 4.74 Å². The number of benzene rings is 1. The van der Waals surface area contributed by atoms with Gasteiger partial charge in [-0.3, -0.25) is 4.79 Å². The van der Waals surface area contributed by atoms with Crippen molar-refractivity contribution < 1.29 is 9.53 Å². The van der Waals surface area contributed by atoms with E-state index in [1.54, 1.807) is 24.0 Å². The Kier molecular flexibility index (Phi) is 5.29. The zero-order valence-electron chi connectivity index (χ0n) is 15.2. The van der Waals surface area contributed by atoms with Crippen molar-refractivity contribution in [2.24, 2.45) is 0 Å². The molecule has 1 fully saturated rings. The van der Waals surface area contributed by atoms with Crippen LogP contribution in [0.25, 0.3) is 10.9 Å². The Balaban J connectivity index is 1.27. The maximum absolute atomic E-state index is 12.6. The summed E-state index contributed by atoms with van der Waals surface area (Å²) in [5, 5.41) is 1.17. The van der Waals surface area contributed by atoms with Crippen LogP contribution in [0.5, 0.6) is 5.88 Å². The maximum atomic E-state index is 12.6. The van der Waals surface area contributed by atoms with E-state index in [0.717, 1.165) is 36.3 Å². The summed E-state index contributed by atoms with van der Waals surface area (Å²) in [6, 6.07) is 9.93. The van der Waals surface area contributed by atoms with Gasteiger partial charge in [-0.2, -0.15) is 4.98 Å². The molecule has 1 amide bonds. The number of carbonyl (C=O) groups is 1. The molecule has 2 aromatic heterocycles. The molecule has 0 unspecified atom stereocenters. The number of nitrogens with zero attached hydrogens (tertiary/aromatic N) is 3. The van der Waals surface area contributed by atoms with Crippen molar-refractivity contribution >= 4 is 28.6 Å². The molecule has 0 atom stereocenters. The Morgan fingerprint density at radius 2 is 2.11 bits per heavy atom. The van der Waals surface area contributed by atoms with E-state index in [1.165, 1.54) is 5.39 Å². The topological polar surface area (TPSA) is 71.1 Å². The average Bonchev–Trinajstić information content (AvgIpc) is 3.10. The normalized spacial score (nSPS) is 15.2. The van der Waals surface area contributed by atoms with Crippen LogP contribution >= 0.6 is 11.8 Å². The van der Waals surface area contributed by atoms with E-state index in [1.807, 2.05) is 36.2 Å². The summed E-state index contributed by atoms with van der Waals surface area (Å²) in [5.74, 6) is 1.96. The van der Waals surface area contributed by atoms with Crippen LogP contribution in [0.2, 0.25) is 0 Å². The molecule has 3 heterocycles. The minimum absolute atomic E-state index is 0.102. The molecule has 0 bridgehead atoms. The first-order chi connectivity index (χ1) is 13.2. The summed E-state index contributed by atoms with van der Waals surface area (Å²) in [5.41, 5.74) is 1.10. The number of para-hydroxylation sites is 1. The number of hydrogen-bond acceptors (Lipinski definition) is 5. The molecule has 1 saturated heterocycles. The number of amides is 1. The van der Waals surface area contributed by atoms with Gasteiger partial charge in [0.25, 0.3) is 0 Å². The van der Waals surface area contributed by atoms with Crippen molar-refractivity contribution in [1.29, 1.82) is 0 Å². The second-order valence-electron chi connectivity index (χ2n) is 6.63. The Morgan fingerprint density at radius 3 is 2.93 bits per heavy atom. The number of ether oxygens (including phenoxy) is 1. The van der Waals surface area contributed by atoms with E-state index in [9.17, 15) is 4.79 Å². The number of fused-ring (bicyclic) bond motifs is 1. The van der Waals surface area contributed by atoms with Crippen molar-refractivity contribution in [3.8, 4) is 5.88 Å². The van der Waals surface area contributed by atoms with Gasteiger partial charge < -0.3 is 14.6 Å². The van der Waals surface area contributed by atoms with E-state index in [-0.39, 0.29) is 12.0 Å². The Labute approximate surface area is 162 Å². The maximum Gasteiger partial charge on any atom is 0.232 e. The van der Waals surface area contributed by atoms with Crippen LogP contribution in [0.15, 0.2) is 47.6 Å². The lowest BCUT2D eigenvalue weighted by Gasteiger charge is -2.31. The van der Waals surface area contributed by atoms with Crippen LogP contribution in [0.3, 0.4) is 0 Å². The second kappa shape index (κ2) is 8.00. The van der Waals surface area contributed by atoms with Gasteiger partial charge in [0, 0.05) is 60.2 Å². The van der Waals surface area contributed by atoms with Gasteiger partial charge in [0.1, 0.15) is 11.9 Å². The predicted octanol–water partition coefficient (Wildman–Crippen LogP) is 3.43. The molecule has 0 aliphatic carbocycles. The van der Waals surface area contributed by atoms with Crippen LogP contribution in [0.1, 0.15) is 18.7 Å². The molecule has 27 heavy (non-hydrogen) atoms. The molecule has 1 aliphatic rings. The van der Waals surface area contributed by atoms with Crippen molar-refractivity contribution in [3.63, 3.8) is 0 Å². The van der Waals surface area contributed by atoms with Gasteiger partial charge in [0.2, 0.25) is 11.8 Å². The lowest BCUT2D eigenvalue weighted by atomic mass is 10.1. The molecule has 1 N–H and O–H groups in total. The average molecular weight is 382 g/mol. The Morgan fingerprint density at radius 1 is 1.30 bits per heavy atom. The van der Waals surface area contributed by atoms with Crippen LogP contribution in [-0.2, 0) is 4.79 Å². The van der Waals surface area contributed by atoms with Gasteiger partial charge in [-0.25, -0.2) is 4.98 Å². The fraction of sp³-hybridized carbons (Fsp3) is 0.350. The summed E-state index contributed by atoms with van der Waals surface area (Å²) in [6.45, 7) is 3.30. The highest BCUT2D eigenvalue weighted by Gasteiger charge is 2.24. The SMILES string of the molecule is Cc1nccc(OC2CCN(C(=O)CSc3c[nH]c4ccccc34)CC2)n1. The van der Waals surface area contributed by atoms with Gasteiger partial charge >= 0.3 is 0 Å². The van der Waals surface area contributed by atoms with Crippen molar-refractivity contribution in [2.75, 3.05) is 18.8 Å². The third-order valence-electron chi connectivity index (χ3n) is 4.74. The number of hydrogen-bond donors (Lipinski definition) is 1. The third-order valence-corrected chi connectivity index (χ3v) is 5.78. The number of aryl methyl sites for hydroxylation is 1. The molecular formula is C20H22N4O2S. The number of thioether (sulfide) groups is 1. The molecule has 3 aromatic rings. The predicted molar refractivity (Wildman–Crippen MR) is 106 cm³/mol. The zero-order valence-corrected chi connectivity index (χ0v) is 16.0. The van der Waals surface area contributed by atoms with Gasteiger partial charge in [-0.1, -0.05) is 18.2 Å². The number of rotatable bonds is 5. The van der Waals surface area contributed by atoms with Crippen LogP contribution in [0, 0.1) is 6.92 Å². The number of aromatic amines is 1. The van der Waals surface area contributed by atoms with Gasteiger partial charge in [-0.05, 0) is 13.0 Å². The van der Waals surface area contributed by atoms with Crippen molar-refractivity contribution in [1.82, 2.24) is 19.9 Å². The number of carbonyl (C=O) groups excluding carboxylic acids is 1. The fourth-order valence-corrected chi connectivity index (χ4v) is 4.23. The monoisotopic (exact) mass is 382 g/mol. The highest BCUT2D eigenvalue weighted by molar-refractivity contribution is 8.00. The fourth-order valence-electron chi connectivity index (χ4n) is 3.29. The summed E-state index contributed by atoms with van der Waals surface area (Å²) in [7, 11) is 0. The van der Waals surface area contributed by atoms with E-state index >= 15 is 0 Å². The largest absolute Gasteiger partial charge is 0.474 e. The highest BCUT2D eigenvalue weighted by Crippen LogP contribution is 2.28. The molecule has 1 aliphatic heterocycles. The smallest absolute Gasteiger partial charge is 0.232 e. The molecule has 0 saturated carbocycles. The first-order valence-electron chi connectivity index (χ1n) is 9.12. The molecule has 6 nitrogen and oxygen atoms in total. The number of likely N-dealkylation sites (tertiary alicyclic amines) is 1. The minimum atomic E-state index is 0.102. The zero-order chi connectivity index (χ0) is 18.6.